The fraction of sp³-hybridized carbons (Fsp3) is 0.318. The first kappa shape index (κ1) is 20.5. The predicted molar refractivity (Wildman–Crippen MR) is 116 cm³/mol. The summed E-state index contributed by atoms with van der Waals surface area (Å²) in [5.74, 6) is -1.03. The topological polar surface area (TPSA) is 82.8 Å². The zero-order valence-electron chi connectivity index (χ0n) is 16.9. The fourth-order valence-corrected chi connectivity index (χ4v) is 3.49. The number of piperidine rings is 1. The van der Waals surface area contributed by atoms with E-state index in [4.69, 9.17) is 5.10 Å². The van der Waals surface area contributed by atoms with Gasteiger partial charge in [-0.05, 0) is 52.7 Å². The molecule has 1 saturated heterocycles. The molecule has 0 spiro atoms. The maximum Gasteiger partial charge on any atom is 0.337 e. The third-order valence-corrected chi connectivity index (χ3v) is 5.14. The molecular weight excluding hydrogens is 366 g/mol. The summed E-state index contributed by atoms with van der Waals surface area (Å²) < 4.78 is 2.02. The molecule has 0 saturated carbocycles. The lowest BCUT2D eigenvalue weighted by molar-refractivity contribution is -0.132. The summed E-state index contributed by atoms with van der Waals surface area (Å²) in [4.78, 5) is 17.6. The van der Waals surface area contributed by atoms with Gasteiger partial charge in [-0.1, -0.05) is 30.3 Å². The molecule has 7 nitrogen and oxygen atoms in total. The highest BCUT2D eigenvalue weighted by Gasteiger charge is 2.22. The van der Waals surface area contributed by atoms with E-state index < -0.39 is 5.97 Å². The van der Waals surface area contributed by atoms with Crippen molar-refractivity contribution >= 4 is 18.4 Å². The number of allylic oxidation sites excluding steroid dienone is 1. The van der Waals surface area contributed by atoms with Crippen molar-refractivity contribution in [1.82, 2.24) is 14.7 Å². The van der Waals surface area contributed by atoms with Crippen LogP contribution in [0.5, 0.6) is 0 Å². The standard InChI is InChI=1S/C22H27N5O2/c1-16(19(22(28)29)9-12-23-2)24-20-15-27(18-10-13-26(3)14-11-18)25-21(20)17-7-5-4-6-8-17/h4-9,12,15,18,24H,2,10-11,13-14H2,1,3H3,(H,28,29)/b12-9-,19-16-. The molecule has 0 radical (unpaired) electrons. The van der Waals surface area contributed by atoms with Crippen LogP contribution in [0.2, 0.25) is 0 Å². The number of carbonyl (C=O) groups is 1. The number of aromatic nitrogens is 2. The molecule has 1 aliphatic rings. The van der Waals surface area contributed by atoms with Crippen molar-refractivity contribution in [2.75, 3.05) is 25.5 Å². The number of rotatable bonds is 7. The normalized spacial score (nSPS) is 16.6. The van der Waals surface area contributed by atoms with Crippen LogP contribution in [0.1, 0.15) is 25.8 Å². The highest BCUT2D eigenvalue weighted by atomic mass is 16.4. The molecule has 1 fully saturated rings. The van der Waals surface area contributed by atoms with E-state index in [1.54, 1.807) is 6.92 Å². The maximum absolute atomic E-state index is 11.6. The van der Waals surface area contributed by atoms with Crippen LogP contribution in [-0.2, 0) is 4.79 Å². The first-order chi connectivity index (χ1) is 14.0. The van der Waals surface area contributed by atoms with Gasteiger partial charge in [0.25, 0.3) is 0 Å². The molecule has 7 heteroatoms. The zero-order valence-corrected chi connectivity index (χ0v) is 16.9. The van der Waals surface area contributed by atoms with Crippen molar-refractivity contribution < 1.29 is 9.90 Å². The zero-order chi connectivity index (χ0) is 20.8. The molecule has 29 heavy (non-hydrogen) atoms. The van der Waals surface area contributed by atoms with Crippen LogP contribution in [0.3, 0.4) is 0 Å². The van der Waals surface area contributed by atoms with Gasteiger partial charge in [0, 0.05) is 23.7 Å². The van der Waals surface area contributed by atoms with Crippen molar-refractivity contribution in [3.8, 4) is 11.3 Å². The van der Waals surface area contributed by atoms with Crippen molar-refractivity contribution in [3.63, 3.8) is 0 Å². The van der Waals surface area contributed by atoms with Gasteiger partial charge in [-0.2, -0.15) is 5.10 Å². The van der Waals surface area contributed by atoms with Crippen molar-refractivity contribution in [2.24, 2.45) is 4.99 Å². The van der Waals surface area contributed by atoms with Crippen molar-refractivity contribution in [3.05, 3.63) is 60.1 Å². The van der Waals surface area contributed by atoms with Gasteiger partial charge in [-0.15, -0.1) is 0 Å². The molecule has 1 aromatic heterocycles. The Bertz CT molecular complexity index is 922. The van der Waals surface area contributed by atoms with E-state index in [1.165, 1.54) is 12.3 Å². The van der Waals surface area contributed by atoms with Gasteiger partial charge in [-0.25, -0.2) is 4.79 Å². The SMILES string of the molecule is C=N/C=C\C(C(=O)O)=C(/C)Nc1cn(C2CCN(C)CC2)nc1-c1ccccc1. The van der Waals surface area contributed by atoms with E-state index in [9.17, 15) is 9.90 Å². The van der Waals surface area contributed by atoms with Crippen LogP contribution >= 0.6 is 0 Å². The Kier molecular flexibility index (Phi) is 6.61. The fourth-order valence-electron chi connectivity index (χ4n) is 3.49. The van der Waals surface area contributed by atoms with E-state index >= 15 is 0 Å². The Labute approximate surface area is 171 Å². The third-order valence-electron chi connectivity index (χ3n) is 5.14. The van der Waals surface area contributed by atoms with Crippen LogP contribution < -0.4 is 5.32 Å². The van der Waals surface area contributed by atoms with Gasteiger partial charge in [0.2, 0.25) is 0 Å². The second-order valence-electron chi connectivity index (χ2n) is 7.24. The number of nitrogens with one attached hydrogen (secondary N) is 1. The molecular formula is C22H27N5O2. The minimum Gasteiger partial charge on any atom is -0.478 e. The van der Waals surface area contributed by atoms with Gasteiger partial charge < -0.3 is 15.3 Å². The summed E-state index contributed by atoms with van der Waals surface area (Å²) in [5.41, 5.74) is 3.21. The molecule has 0 bridgehead atoms. The molecule has 0 unspecified atom stereocenters. The van der Waals surface area contributed by atoms with E-state index in [0.29, 0.717) is 11.7 Å². The number of likely N-dealkylation sites (tertiary alicyclic amines) is 1. The number of hydrogen-bond donors (Lipinski definition) is 2. The van der Waals surface area contributed by atoms with Gasteiger partial charge in [0.15, 0.2) is 0 Å². The average molecular weight is 393 g/mol. The summed E-state index contributed by atoms with van der Waals surface area (Å²) >= 11 is 0. The highest BCUT2D eigenvalue weighted by Crippen LogP contribution is 2.31. The van der Waals surface area contributed by atoms with Crippen LogP contribution in [0.25, 0.3) is 11.3 Å². The quantitative estimate of drug-likeness (QED) is 0.425. The molecule has 2 N–H and O–H groups in total. The summed E-state index contributed by atoms with van der Waals surface area (Å²) in [6, 6.07) is 10.2. The number of nitrogens with zero attached hydrogens (tertiary/aromatic N) is 4. The summed E-state index contributed by atoms with van der Waals surface area (Å²) in [7, 11) is 2.13. The van der Waals surface area contributed by atoms with Crippen LogP contribution in [0, 0.1) is 0 Å². The van der Waals surface area contributed by atoms with E-state index in [1.807, 2.05) is 41.2 Å². The molecule has 0 atom stereocenters. The number of anilines is 1. The van der Waals surface area contributed by atoms with Crippen LogP contribution in [0.15, 0.2) is 65.1 Å². The largest absolute Gasteiger partial charge is 0.478 e. The smallest absolute Gasteiger partial charge is 0.337 e. The number of benzene rings is 1. The Morgan fingerprint density at radius 2 is 2.00 bits per heavy atom. The molecule has 0 aliphatic carbocycles. The summed E-state index contributed by atoms with van der Waals surface area (Å²) in [5, 5.41) is 17.7. The molecule has 2 aromatic rings. The first-order valence-electron chi connectivity index (χ1n) is 9.66. The lowest BCUT2D eigenvalue weighted by Gasteiger charge is -2.29. The van der Waals surface area contributed by atoms with E-state index in [-0.39, 0.29) is 5.57 Å². The number of carboxylic acid groups (broad SMARTS) is 1. The number of aliphatic imine (C=N–C) groups is 1. The average Bonchev–Trinajstić information content (AvgIpc) is 3.13. The highest BCUT2D eigenvalue weighted by molar-refractivity contribution is 5.91. The van der Waals surface area contributed by atoms with Gasteiger partial charge in [0.05, 0.1) is 17.3 Å². The molecule has 152 valence electrons. The molecule has 1 aromatic carbocycles. The Morgan fingerprint density at radius 1 is 1.31 bits per heavy atom. The second kappa shape index (κ2) is 9.34. The predicted octanol–water partition coefficient (Wildman–Crippen LogP) is 3.80. The Morgan fingerprint density at radius 3 is 2.62 bits per heavy atom. The minimum absolute atomic E-state index is 0.128. The van der Waals surface area contributed by atoms with Gasteiger partial charge in [0.1, 0.15) is 5.69 Å². The third kappa shape index (κ3) is 5.00. The van der Waals surface area contributed by atoms with E-state index in [2.05, 4.69) is 29.0 Å². The summed E-state index contributed by atoms with van der Waals surface area (Å²) in [6.45, 7) is 7.17. The van der Waals surface area contributed by atoms with Crippen molar-refractivity contribution in [2.45, 2.75) is 25.8 Å². The molecule has 1 aliphatic heterocycles. The van der Waals surface area contributed by atoms with Crippen LogP contribution in [-0.4, -0.2) is 52.6 Å². The number of hydrogen-bond acceptors (Lipinski definition) is 5. The number of carboxylic acids is 1. The monoisotopic (exact) mass is 393 g/mol. The molecule has 0 amide bonds. The maximum atomic E-state index is 11.6. The molecule has 3 rings (SSSR count). The minimum atomic E-state index is -1.03. The van der Waals surface area contributed by atoms with E-state index in [0.717, 1.165) is 42.9 Å². The first-order valence-corrected chi connectivity index (χ1v) is 9.66. The van der Waals surface area contributed by atoms with Gasteiger partial charge in [-0.3, -0.25) is 9.67 Å². The molecule has 2 heterocycles. The van der Waals surface area contributed by atoms with Crippen LogP contribution in [0.4, 0.5) is 5.69 Å². The summed E-state index contributed by atoms with van der Waals surface area (Å²) in [6.07, 6.45) is 6.86. The Balaban J connectivity index is 1.98. The van der Waals surface area contributed by atoms with Gasteiger partial charge >= 0.3 is 5.97 Å². The van der Waals surface area contributed by atoms with Crippen molar-refractivity contribution in [1.29, 1.82) is 0 Å². The second-order valence-corrected chi connectivity index (χ2v) is 7.24. The number of aliphatic carboxylic acids is 1. The lowest BCUT2D eigenvalue weighted by atomic mass is 10.1. The lowest BCUT2D eigenvalue weighted by Crippen LogP contribution is -2.31. The Hall–Kier alpha value is -3.19.